The molecule has 1 aromatic rings. The Bertz CT molecular complexity index is 510. The van der Waals surface area contributed by atoms with Gasteiger partial charge in [0.15, 0.2) is 0 Å². The van der Waals surface area contributed by atoms with Crippen LogP contribution in [0.15, 0.2) is 22.7 Å². The Hall–Kier alpha value is -0.980. The summed E-state index contributed by atoms with van der Waals surface area (Å²) < 4.78 is 14.5. The highest BCUT2D eigenvalue weighted by atomic mass is 79.9. The van der Waals surface area contributed by atoms with Gasteiger partial charge in [-0.15, -0.1) is 0 Å². The number of amides is 1. The molecule has 0 radical (unpaired) electrons. The number of likely N-dealkylation sites (N-methyl/N-ethyl adjacent to an activating group) is 1. The Balaban J connectivity index is 2.18. The van der Waals surface area contributed by atoms with Crippen molar-refractivity contribution < 1.29 is 14.3 Å². The molecule has 0 unspecified atom stereocenters. The number of hydrogen-bond acceptors (Lipinski definition) is 3. The molecule has 0 aromatic heterocycles. The van der Waals surface area contributed by atoms with Crippen LogP contribution in [0, 0.1) is 11.7 Å². The molecular formula is C14H18BrFN2O2. The first-order valence-electron chi connectivity index (χ1n) is 6.45. The second-order valence-corrected chi connectivity index (χ2v) is 6.22. The van der Waals surface area contributed by atoms with E-state index in [1.807, 2.05) is 19.0 Å². The van der Waals surface area contributed by atoms with Crippen LogP contribution in [0.1, 0.15) is 10.4 Å². The highest BCUT2D eigenvalue weighted by Crippen LogP contribution is 2.24. The third kappa shape index (κ3) is 3.02. The topological polar surface area (TPSA) is 43.8 Å². The van der Waals surface area contributed by atoms with Gasteiger partial charge in [0.2, 0.25) is 0 Å². The SMILES string of the molecule is CN(C)[C@@H]1CN(C(=O)c2ccc(Br)cc2F)C[C@H]1CO. The molecular weight excluding hydrogens is 327 g/mol. The molecule has 1 aliphatic heterocycles. The van der Waals surface area contributed by atoms with Gasteiger partial charge in [-0.05, 0) is 32.3 Å². The van der Waals surface area contributed by atoms with Crippen LogP contribution in [0.3, 0.4) is 0 Å². The van der Waals surface area contributed by atoms with Crippen molar-refractivity contribution in [3.63, 3.8) is 0 Å². The van der Waals surface area contributed by atoms with Gasteiger partial charge in [-0.25, -0.2) is 4.39 Å². The molecule has 0 spiro atoms. The van der Waals surface area contributed by atoms with Gasteiger partial charge in [-0.3, -0.25) is 4.79 Å². The summed E-state index contributed by atoms with van der Waals surface area (Å²) in [5.74, 6) is -0.844. The molecule has 0 aliphatic carbocycles. The molecule has 1 amide bonds. The van der Waals surface area contributed by atoms with Crippen LogP contribution in [0.2, 0.25) is 0 Å². The fraction of sp³-hybridized carbons (Fsp3) is 0.500. The number of rotatable bonds is 3. The first kappa shape index (κ1) is 15.4. The fourth-order valence-corrected chi connectivity index (χ4v) is 2.95. The number of hydrogen-bond donors (Lipinski definition) is 1. The van der Waals surface area contributed by atoms with Gasteiger partial charge in [-0.2, -0.15) is 0 Å². The summed E-state index contributed by atoms with van der Waals surface area (Å²) in [6.45, 7) is 0.982. The van der Waals surface area contributed by atoms with E-state index in [0.717, 1.165) is 0 Å². The van der Waals surface area contributed by atoms with E-state index in [1.165, 1.54) is 12.1 Å². The summed E-state index contributed by atoms with van der Waals surface area (Å²) in [6, 6.07) is 4.52. The van der Waals surface area contributed by atoms with E-state index in [9.17, 15) is 14.3 Å². The maximum Gasteiger partial charge on any atom is 0.256 e. The van der Waals surface area contributed by atoms with Gasteiger partial charge in [0.25, 0.3) is 5.91 Å². The molecule has 1 aromatic carbocycles. The monoisotopic (exact) mass is 344 g/mol. The molecule has 4 nitrogen and oxygen atoms in total. The van der Waals surface area contributed by atoms with Gasteiger partial charge in [-0.1, -0.05) is 15.9 Å². The van der Waals surface area contributed by atoms with Crippen molar-refractivity contribution in [3.05, 3.63) is 34.1 Å². The summed E-state index contributed by atoms with van der Waals surface area (Å²) in [4.78, 5) is 16.0. The second-order valence-electron chi connectivity index (χ2n) is 5.31. The lowest BCUT2D eigenvalue weighted by atomic mass is 10.0. The second kappa shape index (κ2) is 6.20. The fourth-order valence-electron chi connectivity index (χ4n) is 2.62. The summed E-state index contributed by atoms with van der Waals surface area (Å²) in [7, 11) is 3.84. The van der Waals surface area contributed by atoms with Crippen LogP contribution in [0.5, 0.6) is 0 Å². The van der Waals surface area contributed by atoms with Gasteiger partial charge < -0.3 is 14.9 Å². The van der Waals surface area contributed by atoms with Gasteiger partial charge in [0.05, 0.1) is 5.56 Å². The Kier molecular flexibility index (Phi) is 4.78. The van der Waals surface area contributed by atoms with Crippen molar-refractivity contribution in [2.75, 3.05) is 33.8 Å². The van der Waals surface area contributed by atoms with Crippen molar-refractivity contribution in [3.8, 4) is 0 Å². The molecule has 1 fully saturated rings. The zero-order valence-electron chi connectivity index (χ0n) is 11.5. The van der Waals surface area contributed by atoms with Crippen LogP contribution in [0.25, 0.3) is 0 Å². The van der Waals surface area contributed by atoms with E-state index in [1.54, 1.807) is 11.0 Å². The molecule has 1 heterocycles. The zero-order valence-corrected chi connectivity index (χ0v) is 13.1. The van der Waals surface area contributed by atoms with Crippen LogP contribution in [0.4, 0.5) is 4.39 Å². The summed E-state index contributed by atoms with van der Waals surface area (Å²) in [6.07, 6.45) is 0. The van der Waals surface area contributed by atoms with Crippen LogP contribution < -0.4 is 0 Å². The molecule has 20 heavy (non-hydrogen) atoms. The minimum Gasteiger partial charge on any atom is -0.396 e. The Labute approximate surface area is 126 Å². The lowest BCUT2D eigenvalue weighted by Gasteiger charge is -2.23. The summed E-state index contributed by atoms with van der Waals surface area (Å²) in [5, 5.41) is 9.40. The largest absolute Gasteiger partial charge is 0.396 e. The van der Waals surface area contributed by atoms with E-state index in [4.69, 9.17) is 0 Å². The standard InChI is InChI=1S/C14H18BrFN2O2/c1-17(2)13-7-18(6-9(13)8-19)14(20)11-4-3-10(15)5-12(11)16/h3-5,9,13,19H,6-8H2,1-2H3/t9-,13+/m0/s1. The normalized spacial score (nSPS) is 22.6. The van der Waals surface area contributed by atoms with Crippen molar-refractivity contribution in [1.82, 2.24) is 9.80 Å². The van der Waals surface area contributed by atoms with E-state index >= 15 is 0 Å². The zero-order chi connectivity index (χ0) is 14.9. The average Bonchev–Trinajstić information content (AvgIpc) is 2.82. The molecule has 110 valence electrons. The molecule has 0 saturated carbocycles. The Morgan fingerprint density at radius 3 is 2.70 bits per heavy atom. The predicted octanol–water partition coefficient (Wildman–Crippen LogP) is 1.58. The predicted molar refractivity (Wildman–Crippen MR) is 78.1 cm³/mol. The number of benzene rings is 1. The Morgan fingerprint density at radius 1 is 1.50 bits per heavy atom. The molecule has 2 atom stereocenters. The lowest BCUT2D eigenvalue weighted by Crippen LogP contribution is -2.37. The highest BCUT2D eigenvalue weighted by Gasteiger charge is 2.36. The quantitative estimate of drug-likeness (QED) is 0.905. The molecule has 2 rings (SSSR count). The lowest BCUT2D eigenvalue weighted by molar-refractivity contribution is 0.0774. The van der Waals surface area contributed by atoms with E-state index in [2.05, 4.69) is 15.9 Å². The first-order valence-corrected chi connectivity index (χ1v) is 7.25. The molecule has 1 N–H and O–H groups in total. The summed E-state index contributed by atoms with van der Waals surface area (Å²) >= 11 is 3.17. The number of likely N-dealkylation sites (tertiary alicyclic amines) is 1. The van der Waals surface area contributed by atoms with Gasteiger partial charge >= 0.3 is 0 Å². The number of nitrogens with zero attached hydrogens (tertiary/aromatic N) is 2. The maximum absolute atomic E-state index is 13.9. The Morgan fingerprint density at radius 2 is 2.20 bits per heavy atom. The van der Waals surface area contributed by atoms with Crippen molar-refractivity contribution in [1.29, 1.82) is 0 Å². The minimum absolute atomic E-state index is 0.00691. The third-order valence-electron chi connectivity index (χ3n) is 3.75. The molecule has 1 aliphatic rings. The number of carbonyl (C=O) groups is 1. The van der Waals surface area contributed by atoms with Crippen molar-refractivity contribution >= 4 is 21.8 Å². The minimum atomic E-state index is -0.529. The van der Waals surface area contributed by atoms with Crippen LogP contribution in [-0.2, 0) is 0 Å². The number of aliphatic hydroxyl groups is 1. The molecule has 6 heteroatoms. The van der Waals surface area contributed by atoms with E-state index < -0.39 is 5.82 Å². The molecule has 0 bridgehead atoms. The number of carbonyl (C=O) groups excluding carboxylic acids is 1. The maximum atomic E-state index is 13.9. The van der Waals surface area contributed by atoms with Crippen LogP contribution >= 0.6 is 15.9 Å². The van der Waals surface area contributed by atoms with E-state index in [0.29, 0.717) is 17.6 Å². The first-order chi connectivity index (χ1) is 9.43. The molecule has 1 saturated heterocycles. The van der Waals surface area contributed by atoms with Gasteiger partial charge in [0, 0.05) is 36.1 Å². The number of halogens is 2. The van der Waals surface area contributed by atoms with Crippen molar-refractivity contribution in [2.24, 2.45) is 5.92 Å². The average molecular weight is 345 g/mol. The van der Waals surface area contributed by atoms with Crippen molar-refractivity contribution in [2.45, 2.75) is 6.04 Å². The summed E-state index contributed by atoms with van der Waals surface area (Å²) in [5.41, 5.74) is 0.0734. The smallest absolute Gasteiger partial charge is 0.256 e. The van der Waals surface area contributed by atoms with Gasteiger partial charge in [0.1, 0.15) is 5.82 Å². The third-order valence-corrected chi connectivity index (χ3v) is 4.25. The highest BCUT2D eigenvalue weighted by molar-refractivity contribution is 9.10. The number of aliphatic hydroxyl groups excluding tert-OH is 1. The van der Waals surface area contributed by atoms with E-state index in [-0.39, 0.29) is 30.0 Å². The van der Waals surface area contributed by atoms with Crippen LogP contribution in [-0.4, -0.2) is 60.6 Å².